The van der Waals surface area contributed by atoms with Gasteiger partial charge in [-0.25, -0.2) is 4.79 Å². The van der Waals surface area contributed by atoms with Gasteiger partial charge in [-0.1, -0.05) is 24.3 Å². The number of nitrogens with zero attached hydrogens (tertiary/aromatic N) is 2. The lowest BCUT2D eigenvalue weighted by molar-refractivity contribution is 0.131. The van der Waals surface area contributed by atoms with E-state index in [-0.39, 0.29) is 12.1 Å². The molecule has 0 saturated carbocycles. The van der Waals surface area contributed by atoms with Crippen molar-refractivity contribution in [2.75, 3.05) is 5.73 Å². The number of rotatable bonds is 4. The summed E-state index contributed by atoms with van der Waals surface area (Å²) >= 11 is 0. The number of alkyl carbamates (subject to hydrolysis) is 1. The van der Waals surface area contributed by atoms with Crippen LogP contribution in [-0.2, 0) is 17.9 Å². The Morgan fingerprint density at radius 2 is 1.91 bits per heavy atom. The van der Waals surface area contributed by atoms with Crippen LogP contribution in [0.2, 0.25) is 0 Å². The molecule has 0 radical (unpaired) electrons. The molecule has 0 spiro atoms. The Bertz CT molecular complexity index is 626. The molecule has 0 fully saturated rings. The summed E-state index contributed by atoms with van der Waals surface area (Å²) in [6.07, 6.45) is 2.99. The number of anilines is 1. The number of hydrogen-bond donors (Lipinski definition) is 2. The number of nitrogens with two attached hydrogens (primary N) is 1. The van der Waals surface area contributed by atoms with E-state index in [0.29, 0.717) is 12.2 Å². The third-order valence-electron chi connectivity index (χ3n) is 2.87. The van der Waals surface area contributed by atoms with Gasteiger partial charge in [-0.2, -0.15) is 5.10 Å². The molecule has 3 N–H and O–H groups in total. The molecular weight excluding hydrogens is 280 g/mol. The van der Waals surface area contributed by atoms with Gasteiger partial charge in [0, 0.05) is 11.7 Å². The van der Waals surface area contributed by atoms with Crippen LogP contribution in [0.1, 0.15) is 31.9 Å². The van der Waals surface area contributed by atoms with E-state index in [1.807, 2.05) is 45.0 Å². The molecule has 0 atom stereocenters. The van der Waals surface area contributed by atoms with E-state index < -0.39 is 6.09 Å². The largest absolute Gasteiger partial charge is 0.445 e. The van der Waals surface area contributed by atoms with Crippen molar-refractivity contribution in [2.45, 2.75) is 39.5 Å². The van der Waals surface area contributed by atoms with Gasteiger partial charge in [0.1, 0.15) is 6.61 Å². The van der Waals surface area contributed by atoms with Crippen LogP contribution in [0.5, 0.6) is 0 Å². The maximum Gasteiger partial charge on any atom is 0.407 e. The second-order valence-electron chi connectivity index (χ2n) is 6.24. The van der Waals surface area contributed by atoms with Gasteiger partial charge in [0.05, 0.1) is 18.4 Å². The van der Waals surface area contributed by atoms with Crippen molar-refractivity contribution < 1.29 is 9.53 Å². The molecule has 6 nitrogen and oxygen atoms in total. The van der Waals surface area contributed by atoms with E-state index in [2.05, 4.69) is 10.4 Å². The van der Waals surface area contributed by atoms with E-state index in [1.54, 1.807) is 17.1 Å². The summed E-state index contributed by atoms with van der Waals surface area (Å²) in [5.41, 5.74) is 8.02. The fraction of sp³-hybridized carbons (Fsp3) is 0.375. The highest BCUT2D eigenvalue weighted by atomic mass is 16.5. The zero-order valence-electron chi connectivity index (χ0n) is 13.2. The van der Waals surface area contributed by atoms with Crippen LogP contribution in [-0.4, -0.2) is 21.4 Å². The van der Waals surface area contributed by atoms with Crippen molar-refractivity contribution in [3.05, 3.63) is 47.8 Å². The molecule has 0 aliphatic rings. The summed E-state index contributed by atoms with van der Waals surface area (Å²) in [5, 5.41) is 6.89. The first-order valence-corrected chi connectivity index (χ1v) is 7.12. The molecule has 2 rings (SSSR count). The first-order valence-electron chi connectivity index (χ1n) is 7.12. The lowest BCUT2D eigenvalue weighted by Crippen LogP contribution is -2.40. The number of carbonyl (C=O) groups excluding carboxylic acids is 1. The van der Waals surface area contributed by atoms with E-state index in [9.17, 15) is 4.79 Å². The maximum atomic E-state index is 11.6. The number of amides is 1. The first-order chi connectivity index (χ1) is 10.3. The average molecular weight is 302 g/mol. The average Bonchev–Trinajstić information content (AvgIpc) is 2.81. The number of ether oxygens (including phenoxy) is 1. The summed E-state index contributed by atoms with van der Waals surface area (Å²) in [4.78, 5) is 11.6. The fourth-order valence-corrected chi connectivity index (χ4v) is 1.89. The fourth-order valence-electron chi connectivity index (χ4n) is 1.89. The molecule has 118 valence electrons. The Hall–Kier alpha value is -2.50. The quantitative estimate of drug-likeness (QED) is 0.909. The van der Waals surface area contributed by atoms with Gasteiger partial charge in [-0.3, -0.25) is 4.68 Å². The summed E-state index contributed by atoms with van der Waals surface area (Å²) in [5.74, 6) is 0. The van der Waals surface area contributed by atoms with Crippen molar-refractivity contribution in [1.29, 1.82) is 0 Å². The summed E-state index contributed by atoms with van der Waals surface area (Å²) in [7, 11) is 0. The van der Waals surface area contributed by atoms with Crippen LogP contribution < -0.4 is 11.1 Å². The van der Waals surface area contributed by atoms with Crippen molar-refractivity contribution in [1.82, 2.24) is 15.1 Å². The van der Waals surface area contributed by atoms with Crippen LogP contribution in [0.4, 0.5) is 10.5 Å². The topological polar surface area (TPSA) is 82.2 Å². The lowest BCUT2D eigenvalue weighted by Gasteiger charge is -2.19. The van der Waals surface area contributed by atoms with E-state index in [0.717, 1.165) is 11.1 Å². The molecule has 2 aromatic rings. The highest BCUT2D eigenvalue weighted by Crippen LogP contribution is 2.09. The molecule has 0 aliphatic heterocycles. The maximum absolute atomic E-state index is 11.6. The number of hydrogen-bond acceptors (Lipinski definition) is 4. The Labute approximate surface area is 130 Å². The SMILES string of the molecule is CC(C)(C)NC(=O)OCc1ccc(Cn2cc(N)cn2)cc1. The van der Waals surface area contributed by atoms with E-state index >= 15 is 0 Å². The van der Waals surface area contributed by atoms with E-state index in [1.165, 1.54) is 0 Å². The number of benzene rings is 1. The second-order valence-corrected chi connectivity index (χ2v) is 6.24. The molecule has 6 heteroatoms. The molecular formula is C16H22N4O2. The highest BCUT2D eigenvalue weighted by molar-refractivity contribution is 5.68. The van der Waals surface area contributed by atoms with Crippen LogP contribution in [0.25, 0.3) is 0 Å². The van der Waals surface area contributed by atoms with Crippen molar-refractivity contribution in [2.24, 2.45) is 0 Å². The van der Waals surface area contributed by atoms with Crippen molar-refractivity contribution in [3.8, 4) is 0 Å². The van der Waals surface area contributed by atoms with Gasteiger partial charge in [0.2, 0.25) is 0 Å². The van der Waals surface area contributed by atoms with Gasteiger partial charge in [0.15, 0.2) is 0 Å². The molecule has 0 saturated heterocycles. The smallest absolute Gasteiger partial charge is 0.407 e. The summed E-state index contributed by atoms with van der Waals surface area (Å²) in [6, 6.07) is 7.84. The van der Waals surface area contributed by atoms with Gasteiger partial charge in [-0.05, 0) is 31.9 Å². The minimum atomic E-state index is -0.413. The van der Waals surface area contributed by atoms with Crippen LogP contribution in [0.3, 0.4) is 0 Å². The predicted molar refractivity (Wildman–Crippen MR) is 85.3 cm³/mol. The molecule has 1 aromatic carbocycles. The van der Waals surface area contributed by atoms with Crippen molar-refractivity contribution in [3.63, 3.8) is 0 Å². The summed E-state index contributed by atoms with van der Waals surface area (Å²) < 4.78 is 6.96. The third kappa shape index (κ3) is 5.12. The Balaban J connectivity index is 1.85. The molecule has 1 amide bonds. The third-order valence-corrected chi connectivity index (χ3v) is 2.87. The van der Waals surface area contributed by atoms with Crippen LogP contribution in [0.15, 0.2) is 36.7 Å². The van der Waals surface area contributed by atoms with Gasteiger partial charge < -0.3 is 15.8 Å². The van der Waals surface area contributed by atoms with Crippen LogP contribution >= 0.6 is 0 Å². The highest BCUT2D eigenvalue weighted by Gasteiger charge is 2.14. The number of carbonyl (C=O) groups is 1. The zero-order valence-corrected chi connectivity index (χ0v) is 13.2. The van der Waals surface area contributed by atoms with Gasteiger partial charge in [-0.15, -0.1) is 0 Å². The Morgan fingerprint density at radius 1 is 1.27 bits per heavy atom. The van der Waals surface area contributed by atoms with Gasteiger partial charge in [0.25, 0.3) is 0 Å². The number of nitrogen functional groups attached to an aromatic ring is 1. The van der Waals surface area contributed by atoms with Crippen LogP contribution in [0, 0.1) is 0 Å². The summed E-state index contributed by atoms with van der Waals surface area (Å²) in [6.45, 7) is 6.63. The number of nitrogens with one attached hydrogen (secondary N) is 1. The molecule has 1 aromatic heterocycles. The Morgan fingerprint density at radius 3 is 2.45 bits per heavy atom. The minimum absolute atomic E-state index is 0.247. The first kappa shape index (κ1) is 15.9. The molecule has 0 unspecified atom stereocenters. The van der Waals surface area contributed by atoms with Crippen molar-refractivity contribution >= 4 is 11.8 Å². The Kier molecular flexibility index (Phi) is 4.70. The second kappa shape index (κ2) is 6.51. The molecule has 1 heterocycles. The zero-order chi connectivity index (χ0) is 16.2. The van der Waals surface area contributed by atoms with E-state index in [4.69, 9.17) is 10.5 Å². The standard InChI is InChI=1S/C16H22N4O2/c1-16(2,3)19-15(21)22-11-13-6-4-12(5-7-13)9-20-10-14(17)8-18-20/h4-8,10H,9,11,17H2,1-3H3,(H,19,21). The molecule has 0 bridgehead atoms. The normalized spacial score (nSPS) is 11.2. The lowest BCUT2D eigenvalue weighted by atomic mass is 10.1. The minimum Gasteiger partial charge on any atom is -0.445 e. The predicted octanol–water partition coefficient (Wildman–Crippen LogP) is 2.54. The monoisotopic (exact) mass is 302 g/mol. The molecule has 22 heavy (non-hydrogen) atoms. The number of aromatic nitrogens is 2. The van der Waals surface area contributed by atoms with Gasteiger partial charge >= 0.3 is 6.09 Å². The molecule has 0 aliphatic carbocycles.